The normalized spacial score (nSPS) is 13.5. The Morgan fingerprint density at radius 3 is 1.73 bits per heavy atom. The maximum Gasteiger partial charge on any atom is 0.328 e. The first-order valence-corrected chi connectivity index (χ1v) is 13.0. The molecule has 0 saturated carbocycles. The Morgan fingerprint density at radius 2 is 1.32 bits per heavy atom. The topological polar surface area (TPSA) is 146 Å². The minimum atomic E-state index is -1.26. The molecule has 2 rings (SSSR count). The number of carbonyl (C=O) groups is 4. The summed E-state index contributed by atoms with van der Waals surface area (Å²) in [5.41, 5.74) is 0.782. The Hall–Kier alpha value is -4.06. The third-order valence-electron chi connectivity index (χ3n) is 5.86. The molecule has 2 N–H and O–H groups in total. The largest absolute Gasteiger partial charge is 0.493 e. The van der Waals surface area contributed by atoms with Crippen molar-refractivity contribution >= 4 is 29.8 Å². The minimum absolute atomic E-state index is 0.0525. The number of hydrogen-bond donors (Lipinski definition) is 2. The summed E-state index contributed by atoms with van der Waals surface area (Å²) < 4.78 is 16.1. The Balaban J connectivity index is 0.000000869. The summed E-state index contributed by atoms with van der Waals surface area (Å²) in [6, 6.07) is 3.60. The minimum Gasteiger partial charge on any atom is -0.493 e. The van der Waals surface area contributed by atoms with Crippen molar-refractivity contribution in [2.75, 3.05) is 67.1 Å². The summed E-state index contributed by atoms with van der Waals surface area (Å²) in [7, 11) is 4.67. The Morgan fingerprint density at radius 1 is 0.825 bits per heavy atom. The maximum atomic E-state index is 12.7. The van der Waals surface area contributed by atoms with Crippen LogP contribution in [0.4, 0.5) is 0 Å². The highest BCUT2D eigenvalue weighted by atomic mass is 16.5. The maximum absolute atomic E-state index is 12.7. The summed E-state index contributed by atoms with van der Waals surface area (Å²) >= 11 is 0. The van der Waals surface area contributed by atoms with E-state index in [-0.39, 0.29) is 11.8 Å². The molecule has 222 valence electrons. The monoisotopic (exact) mass is 563 g/mol. The molecule has 0 bridgehead atoms. The molecule has 1 heterocycles. The second-order valence-electron chi connectivity index (χ2n) is 8.78. The van der Waals surface area contributed by atoms with E-state index in [0.29, 0.717) is 62.1 Å². The van der Waals surface area contributed by atoms with Gasteiger partial charge in [0.15, 0.2) is 11.5 Å². The molecule has 0 spiro atoms. The van der Waals surface area contributed by atoms with Crippen LogP contribution < -0.4 is 14.2 Å². The fraction of sp³-hybridized carbons (Fsp3) is 0.500. The van der Waals surface area contributed by atoms with Crippen molar-refractivity contribution in [3.8, 4) is 17.2 Å². The van der Waals surface area contributed by atoms with E-state index >= 15 is 0 Å². The fourth-order valence-electron chi connectivity index (χ4n) is 3.93. The van der Waals surface area contributed by atoms with E-state index in [1.165, 1.54) is 0 Å². The molecule has 12 nitrogen and oxygen atoms in total. The molecule has 1 fully saturated rings. The lowest BCUT2D eigenvalue weighted by Crippen LogP contribution is -2.51. The number of ether oxygens (including phenoxy) is 3. The van der Waals surface area contributed by atoms with Crippen molar-refractivity contribution in [2.45, 2.75) is 26.7 Å². The quantitative estimate of drug-likeness (QED) is 0.343. The van der Waals surface area contributed by atoms with Gasteiger partial charge in [-0.05, 0) is 36.6 Å². The van der Waals surface area contributed by atoms with Crippen molar-refractivity contribution < 1.29 is 43.6 Å². The van der Waals surface area contributed by atoms with Gasteiger partial charge in [0.25, 0.3) is 0 Å². The van der Waals surface area contributed by atoms with Gasteiger partial charge in [-0.2, -0.15) is 0 Å². The summed E-state index contributed by atoms with van der Waals surface area (Å²) in [4.78, 5) is 50.2. The van der Waals surface area contributed by atoms with Crippen LogP contribution >= 0.6 is 0 Å². The number of benzene rings is 1. The van der Waals surface area contributed by atoms with Gasteiger partial charge in [0.05, 0.1) is 27.9 Å². The van der Waals surface area contributed by atoms with Crippen molar-refractivity contribution in [2.24, 2.45) is 0 Å². The lowest BCUT2D eigenvalue weighted by molar-refractivity contribution is -0.134. The molecule has 0 radical (unpaired) electrons. The number of methoxy groups -OCH3 is 3. The third kappa shape index (κ3) is 11.8. The Kier molecular flexibility index (Phi) is 15.5. The fourth-order valence-corrected chi connectivity index (χ4v) is 3.93. The van der Waals surface area contributed by atoms with Gasteiger partial charge < -0.3 is 34.2 Å². The second kappa shape index (κ2) is 18.3. The predicted molar refractivity (Wildman–Crippen MR) is 150 cm³/mol. The molecule has 1 saturated heterocycles. The van der Waals surface area contributed by atoms with Crippen LogP contribution in [-0.2, 0) is 19.2 Å². The SMILES string of the molecule is CCCN(CCC)C(=O)CN1CCN(C(=O)/C=C/c2cc(OC)c(OC)c(OC)c2)CC1.O=C(O)/C=C\C(=O)O. The number of piperazine rings is 1. The highest BCUT2D eigenvalue weighted by Gasteiger charge is 2.23. The van der Waals surface area contributed by atoms with E-state index in [9.17, 15) is 19.2 Å². The van der Waals surface area contributed by atoms with Gasteiger partial charge in [-0.1, -0.05) is 13.8 Å². The van der Waals surface area contributed by atoms with Gasteiger partial charge in [0, 0.05) is 57.5 Å². The van der Waals surface area contributed by atoms with Crippen LogP contribution in [0.25, 0.3) is 6.08 Å². The number of aliphatic carboxylic acids is 2. The second-order valence-corrected chi connectivity index (χ2v) is 8.78. The van der Waals surface area contributed by atoms with E-state index in [0.717, 1.165) is 31.5 Å². The first-order chi connectivity index (χ1) is 19.1. The van der Waals surface area contributed by atoms with E-state index in [1.807, 2.05) is 9.80 Å². The number of rotatable bonds is 13. The number of nitrogens with zero attached hydrogens (tertiary/aromatic N) is 3. The van der Waals surface area contributed by atoms with Crippen LogP contribution in [0.5, 0.6) is 17.2 Å². The standard InChI is InChI=1S/C24H37N3O5.C4H4O4/c1-6-10-26(11-7-2)23(29)18-25-12-14-27(15-13-25)22(28)9-8-19-16-20(30-3)24(32-5)21(17-19)31-4;5-3(6)1-2-4(7)8/h8-9,16-17H,6-7,10-15,18H2,1-5H3;1-2H,(H,5,6)(H,7,8)/b9-8+;2-1-. The highest BCUT2D eigenvalue weighted by Crippen LogP contribution is 2.38. The van der Waals surface area contributed by atoms with Crippen LogP contribution in [0.3, 0.4) is 0 Å². The zero-order valence-corrected chi connectivity index (χ0v) is 23.9. The highest BCUT2D eigenvalue weighted by molar-refractivity contribution is 5.92. The number of hydrogen-bond acceptors (Lipinski definition) is 8. The van der Waals surface area contributed by atoms with Crippen LogP contribution in [0.1, 0.15) is 32.3 Å². The molecule has 12 heteroatoms. The molecular weight excluding hydrogens is 522 g/mol. The lowest BCUT2D eigenvalue weighted by Gasteiger charge is -2.35. The Bertz CT molecular complexity index is 1000. The number of carboxylic acids is 2. The summed E-state index contributed by atoms with van der Waals surface area (Å²) in [6.07, 6.45) is 6.35. The van der Waals surface area contributed by atoms with E-state index < -0.39 is 11.9 Å². The first kappa shape index (κ1) is 34.0. The summed E-state index contributed by atoms with van der Waals surface area (Å²) in [5, 5.41) is 15.6. The molecule has 1 aromatic rings. The average Bonchev–Trinajstić information content (AvgIpc) is 2.94. The van der Waals surface area contributed by atoms with Gasteiger partial charge >= 0.3 is 11.9 Å². The van der Waals surface area contributed by atoms with Gasteiger partial charge in [0.2, 0.25) is 17.6 Å². The molecule has 0 atom stereocenters. The van der Waals surface area contributed by atoms with Crippen molar-refractivity contribution in [3.63, 3.8) is 0 Å². The van der Waals surface area contributed by atoms with Crippen molar-refractivity contribution in [3.05, 3.63) is 35.9 Å². The molecule has 1 aromatic carbocycles. The zero-order chi connectivity index (χ0) is 30.1. The van der Waals surface area contributed by atoms with Crippen molar-refractivity contribution in [1.29, 1.82) is 0 Å². The molecule has 1 aliphatic heterocycles. The predicted octanol–water partition coefficient (Wildman–Crippen LogP) is 2.23. The lowest BCUT2D eigenvalue weighted by atomic mass is 10.1. The molecule has 2 amide bonds. The van der Waals surface area contributed by atoms with Crippen LogP contribution in [0.2, 0.25) is 0 Å². The van der Waals surface area contributed by atoms with Gasteiger partial charge in [-0.3, -0.25) is 14.5 Å². The third-order valence-corrected chi connectivity index (χ3v) is 5.86. The number of carbonyl (C=O) groups excluding carboxylic acids is 2. The summed E-state index contributed by atoms with van der Waals surface area (Å²) in [5.74, 6) is -0.797. The van der Waals surface area contributed by atoms with Gasteiger partial charge in [-0.15, -0.1) is 0 Å². The van der Waals surface area contributed by atoms with E-state index in [4.69, 9.17) is 24.4 Å². The molecule has 0 aliphatic carbocycles. The van der Waals surface area contributed by atoms with Gasteiger partial charge in [-0.25, -0.2) is 9.59 Å². The van der Waals surface area contributed by atoms with Crippen LogP contribution in [0.15, 0.2) is 30.4 Å². The van der Waals surface area contributed by atoms with Crippen LogP contribution in [0, 0.1) is 0 Å². The molecule has 1 aliphatic rings. The summed E-state index contributed by atoms with van der Waals surface area (Å²) in [6.45, 7) is 8.80. The first-order valence-electron chi connectivity index (χ1n) is 13.0. The smallest absolute Gasteiger partial charge is 0.328 e. The number of amides is 2. The molecule has 0 unspecified atom stereocenters. The van der Waals surface area contributed by atoms with E-state index in [2.05, 4.69) is 18.7 Å². The molecule has 0 aromatic heterocycles. The Labute approximate surface area is 235 Å². The average molecular weight is 564 g/mol. The van der Waals surface area contributed by atoms with Crippen molar-refractivity contribution in [1.82, 2.24) is 14.7 Å². The van der Waals surface area contributed by atoms with E-state index in [1.54, 1.807) is 45.6 Å². The molecular formula is C28H41N3O9. The number of carboxylic acid groups (broad SMARTS) is 2. The zero-order valence-electron chi connectivity index (χ0n) is 23.9. The van der Waals surface area contributed by atoms with Crippen LogP contribution in [-0.4, -0.2) is 116 Å². The molecule has 40 heavy (non-hydrogen) atoms. The van der Waals surface area contributed by atoms with Gasteiger partial charge in [0.1, 0.15) is 0 Å².